The van der Waals surface area contributed by atoms with Gasteiger partial charge in [0, 0.05) is 12.6 Å². The van der Waals surface area contributed by atoms with E-state index in [1.54, 1.807) is 11.0 Å². The molecule has 3 rings (SSSR count). The number of aliphatic hydroxyl groups is 1. The summed E-state index contributed by atoms with van der Waals surface area (Å²) in [4.78, 5) is 1.81. The maximum absolute atomic E-state index is 12.8. The Morgan fingerprint density at radius 2 is 2.05 bits per heavy atom. The third kappa shape index (κ3) is 2.28. The fourth-order valence-corrected chi connectivity index (χ4v) is 2.09. The van der Waals surface area contributed by atoms with Crippen LogP contribution in [0.15, 0.2) is 12.1 Å². The van der Waals surface area contributed by atoms with Crippen molar-refractivity contribution in [3.8, 4) is 0 Å². The molecule has 0 unspecified atom stereocenters. The Kier molecular flexibility index (Phi) is 3.00. The van der Waals surface area contributed by atoms with Gasteiger partial charge >= 0.3 is 6.18 Å². The van der Waals surface area contributed by atoms with Crippen LogP contribution in [0.2, 0.25) is 0 Å². The molecule has 0 aliphatic heterocycles. The highest BCUT2D eigenvalue weighted by Gasteiger charge is 2.38. The minimum absolute atomic E-state index is 0.0424. The summed E-state index contributed by atoms with van der Waals surface area (Å²) in [6, 6.07) is 3.27. The molecule has 0 amide bonds. The first kappa shape index (κ1) is 13.1. The lowest BCUT2D eigenvalue weighted by Gasteiger charge is -2.22. The smallest absolute Gasteiger partial charge is 0.395 e. The fraction of sp³-hybridized carbons (Fsp3) is 0.545. The lowest BCUT2D eigenvalue weighted by atomic mass is 10.4. The first-order valence-electron chi connectivity index (χ1n) is 6.18. The number of hydrogen-bond acceptors (Lipinski definition) is 5. The normalized spacial score (nSPS) is 15.8. The first-order chi connectivity index (χ1) is 9.50. The van der Waals surface area contributed by atoms with E-state index >= 15 is 0 Å². The molecule has 6 nitrogen and oxygen atoms in total. The van der Waals surface area contributed by atoms with E-state index in [-0.39, 0.29) is 18.3 Å². The van der Waals surface area contributed by atoms with E-state index in [2.05, 4.69) is 15.3 Å². The van der Waals surface area contributed by atoms with Gasteiger partial charge in [0.2, 0.25) is 0 Å². The maximum atomic E-state index is 12.8. The second-order valence-corrected chi connectivity index (χ2v) is 4.63. The molecule has 1 saturated carbocycles. The molecule has 108 valence electrons. The van der Waals surface area contributed by atoms with Crippen molar-refractivity contribution in [2.75, 3.05) is 18.1 Å². The van der Waals surface area contributed by atoms with Gasteiger partial charge in [-0.15, -0.1) is 15.3 Å². The van der Waals surface area contributed by atoms with Crippen LogP contribution >= 0.6 is 0 Å². The molecule has 1 N–H and O–H groups in total. The van der Waals surface area contributed by atoms with Crippen molar-refractivity contribution < 1.29 is 18.3 Å². The number of aromatic nitrogens is 4. The average Bonchev–Trinajstić information content (AvgIpc) is 3.12. The quantitative estimate of drug-likeness (QED) is 0.912. The van der Waals surface area contributed by atoms with Gasteiger partial charge in [0.25, 0.3) is 5.82 Å². The highest BCUT2D eigenvalue weighted by Crippen LogP contribution is 2.31. The molecular weight excluding hydrogens is 275 g/mol. The number of anilines is 1. The summed E-state index contributed by atoms with van der Waals surface area (Å²) in [7, 11) is 0. The summed E-state index contributed by atoms with van der Waals surface area (Å²) < 4.78 is 39.1. The van der Waals surface area contributed by atoms with E-state index < -0.39 is 12.0 Å². The van der Waals surface area contributed by atoms with Gasteiger partial charge in [0.1, 0.15) is 5.82 Å². The molecule has 0 spiro atoms. The number of fused-ring (bicyclic) bond motifs is 1. The second kappa shape index (κ2) is 4.58. The third-order valence-electron chi connectivity index (χ3n) is 3.13. The molecule has 2 heterocycles. The van der Waals surface area contributed by atoms with Crippen LogP contribution in [0.3, 0.4) is 0 Å². The van der Waals surface area contributed by atoms with Crippen LogP contribution in [-0.2, 0) is 6.18 Å². The zero-order chi connectivity index (χ0) is 14.3. The van der Waals surface area contributed by atoms with Crippen molar-refractivity contribution in [3.05, 3.63) is 18.0 Å². The van der Waals surface area contributed by atoms with Gasteiger partial charge in [-0.1, -0.05) is 0 Å². The van der Waals surface area contributed by atoms with Crippen LogP contribution in [0.25, 0.3) is 5.65 Å². The van der Waals surface area contributed by atoms with E-state index in [0.29, 0.717) is 16.9 Å². The van der Waals surface area contributed by atoms with Gasteiger partial charge in [0.15, 0.2) is 5.65 Å². The number of aliphatic hydroxyl groups excluding tert-OH is 1. The zero-order valence-electron chi connectivity index (χ0n) is 10.4. The predicted octanol–water partition coefficient (Wildman–Crippen LogP) is 1.10. The largest absolute Gasteiger partial charge is 0.453 e. The Morgan fingerprint density at radius 1 is 1.30 bits per heavy atom. The maximum Gasteiger partial charge on any atom is 0.453 e. The van der Waals surface area contributed by atoms with Crippen molar-refractivity contribution in [1.82, 2.24) is 19.8 Å². The molecular formula is C11H12F3N5O. The Bertz CT molecular complexity index is 622. The van der Waals surface area contributed by atoms with Gasteiger partial charge in [-0.2, -0.15) is 17.7 Å². The van der Waals surface area contributed by atoms with Crippen LogP contribution < -0.4 is 4.90 Å². The SMILES string of the molecule is OCCN(c1ccc2nnc(C(F)(F)F)n2n1)C1CC1. The Morgan fingerprint density at radius 3 is 2.65 bits per heavy atom. The molecule has 9 heteroatoms. The second-order valence-electron chi connectivity index (χ2n) is 4.63. The molecule has 0 aromatic carbocycles. The molecule has 1 aliphatic carbocycles. The Balaban J connectivity index is 2.04. The predicted molar refractivity (Wildman–Crippen MR) is 63.2 cm³/mol. The highest BCUT2D eigenvalue weighted by atomic mass is 19.4. The molecule has 1 aliphatic rings. The molecule has 2 aromatic rings. The monoisotopic (exact) mass is 287 g/mol. The third-order valence-corrected chi connectivity index (χ3v) is 3.13. The van der Waals surface area contributed by atoms with Gasteiger partial charge in [-0.05, 0) is 25.0 Å². The van der Waals surface area contributed by atoms with Crippen molar-refractivity contribution in [2.45, 2.75) is 25.1 Å². The molecule has 0 saturated heterocycles. The van der Waals surface area contributed by atoms with Crippen molar-refractivity contribution in [3.63, 3.8) is 0 Å². The number of halogens is 3. The van der Waals surface area contributed by atoms with Crippen molar-refractivity contribution in [1.29, 1.82) is 0 Å². The number of rotatable bonds is 4. The van der Waals surface area contributed by atoms with E-state index in [1.165, 1.54) is 6.07 Å². The lowest BCUT2D eigenvalue weighted by Crippen LogP contribution is -2.30. The molecule has 1 fully saturated rings. The Labute approximate surface area is 111 Å². The van der Waals surface area contributed by atoms with Gasteiger partial charge in [-0.25, -0.2) is 0 Å². The van der Waals surface area contributed by atoms with Crippen LogP contribution in [-0.4, -0.2) is 44.1 Å². The minimum atomic E-state index is -4.60. The van der Waals surface area contributed by atoms with Crippen LogP contribution in [0.4, 0.5) is 19.0 Å². The van der Waals surface area contributed by atoms with E-state index in [9.17, 15) is 13.2 Å². The summed E-state index contributed by atoms with van der Waals surface area (Å²) >= 11 is 0. The van der Waals surface area contributed by atoms with Crippen LogP contribution in [0.5, 0.6) is 0 Å². The van der Waals surface area contributed by atoms with E-state index in [0.717, 1.165) is 12.8 Å². The van der Waals surface area contributed by atoms with Gasteiger partial charge < -0.3 is 10.0 Å². The number of hydrogen-bond donors (Lipinski definition) is 1. The van der Waals surface area contributed by atoms with Crippen molar-refractivity contribution in [2.24, 2.45) is 0 Å². The minimum Gasteiger partial charge on any atom is -0.395 e. The average molecular weight is 287 g/mol. The van der Waals surface area contributed by atoms with Gasteiger partial charge in [0.05, 0.1) is 6.61 Å². The van der Waals surface area contributed by atoms with Crippen LogP contribution in [0.1, 0.15) is 18.7 Å². The fourth-order valence-electron chi connectivity index (χ4n) is 2.09. The molecule has 20 heavy (non-hydrogen) atoms. The standard InChI is InChI=1S/C11H12F3N5O/c12-11(13,14)10-16-15-8-3-4-9(17-19(8)10)18(5-6-20)7-1-2-7/h3-4,7,20H,1-2,5-6H2. The zero-order valence-corrected chi connectivity index (χ0v) is 10.4. The number of alkyl halides is 3. The molecule has 2 aromatic heterocycles. The summed E-state index contributed by atoms with van der Waals surface area (Å²) in [6.07, 6.45) is -2.70. The molecule has 0 atom stereocenters. The van der Waals surface area contributed by atoms with Crippen LogP contribution in [0, 0.1) is 0 Å². The summed E-state index contributed by atoms with van der Waals surface area (Å²) in [6.45, 7) is 0.261. The summed E-state index contributed by atoms with van der Waals surface area (Å²) in [5, 5.41) is 19.6. The van der Waals surface area contributed by atoms with Gasteiger partial charge in [-0.3, -0.25) is 0 Å². The number of nitrogens with zero attached hydrogens (tertiary/aromatic N) is 5. The Hall–Kier alpha value is -1.90. The molecule has 0 bridgehead atoms. The topological polar surface area (TPSA) is 66.5 Å². The summed E-state index contributed by atoms with van der Waals surface area (Å²) in [5.74, 6) is -0.756. The lowest BCUT2D eigenvalue weighted by molar-refractivity contribution is -0.146. The van der Waals surface area contributed by atoms with E-state index in [4.69, 9.17) is 5.11 Å². The van der Waals surface area contributed by atoms with Crippen molar-refractivity contribution >= 4 is 11.5 Å². The first-order valence-corrected chi connectivity index (χ1v) is 6.18. The summed E-state index contributed by atoms with van der Waals surface area (Å²) in [5.41, 5.74) is 0.0424. The van der Waals surface area contributed by atoms with E-state index in [1.807, 2.05) is 0 Å². The highest BCUT2D eigenvalue weighted by molar-refractivity contribution is 5.47. The molecule has 0 radical (unpaired) electrons.